The highest BCUT2D eigenvalue weighted by Gasteiger charge is 2.41. The van der Waals surface area contributed by atoms with Crippen molar-refractivity contribution in [2.24, 2.45) is 0 Å². The highest BCUT2D eigenvalue weighted by Crippen LogP contribution is 2.35. The van der Waals surface area contributed by atoms with E-state index < -0.39 is 0 Å². The zero-order valence-corrected chi connectivity index (χ0v) is 11.8. The third-order valence-corrected chi connectivity index (χ3v) is 4.38. The van der Waals surface area contributed by atoms with Crippen LogP contribution in [0.1, 0.15) is 30.4 Å². The zero-order valence-electron chi connectivity index (χ0n) is 11.8. The topological polar surface area (TPSA) is 50.7 Å². The third kappa shape index (κ3) is 3.20. The van der Waals surface area contributed by atoms with Gasteiger partial charge in [-0.25, -0.2) is 0 Å². The first kappa shape index (κ1) is 14.0. The number of hydrogen-bond acceptors (Lipinski definition) is 4. The number of ether oxygens (including phenoxy) is 2. The molecule has 1 aromatic rings. The summed E-state index contributed by atoms with van der Waals surface area (Å²) in [6, 6.07) is 7.92. The summed E-state index contributed by atoms with van der Waals surface area (Å²) >= 11 is 0. The molecule has 2 aliphatic rings. The molecule has 4 nitrogen and oxygen atoms in total. The summed E-state index contributed by atoms with van der Waals surface area (Å²) in [5, 5.41) is 12.4. The molecule has 4 heteroatoms. The van der Waals surface area contributed by atoms with Crippen LogP contribution in [-0.2, 0) is 22.7 Å². The number of piperidine rings is 1. The van der Waals surface area contributed by atoms with E-state index in [1.54, 1.807) is 0 Å². The van der Waals surface area contributed by atoms with Crippen LogP contribution in [0.4, 0.5) is 0 Å². The van der Waals surface area contributed by atoms with Gasteiger partial charge in [0.25, 0.3) is 0 Å². The molecular weight excluding hydrogens is 254 g/mol. The van der Waals surface area contributed by atoms with Crippen molar-refractivity contribution in [3.8, 4) is 0 Å². The van der Waals surface area contributed by atoms with E-state index in [0.717, 1.165) is 43.5 Å². The van der Waals surface area contributed by atoms with Crippen molar-refractivity contribution in [1.82, 2.24) is 5.32 Å². The lowest BCUT2D eigenvalue weighted by Gasteiger charge is -2.32. The van der Waals surface area contributed by atoms with Gasteiger partial charge in [-0.05, 0) is 37.1 Å². The van der Waals surface area contributed by atoms with Gasteiger partial charge in [0.05, 0.1) is 31.5 Å². The van der Waals surface area contributed by atoms with Crippen molar-refractivity contribution in [2.75, 3.05) is 19.7 Å². The van der Waals surface area contributed by atoms with Gasteiger partial charge in [-0.3, -0.25) is 0 Å². The molecular formula is C16H23NO3. The van der Waals surface area contributed by atoms with Crippen LogP contribution in [0.25, 0.3) is 0 Å². The van der Waals surface area contributed by atoms with E-state index in [-0.39, 0.29) is 18.3 Å². The Morgan fingerprint density at radius 1 is 1.20 bits per heavy atom. The Bertz CT molecular complexity index is 426. The molecule has 0 bridgehead atoms. The van der Waals surface area contributed by atoms with Gasteiger partial charge in [0, 0.05) is 6.42 Å². The fraction of sp³-hybridized carbons (Fsp3) is 0.625. The van der Waals surface area contributed by atoms with Gasteiger partial charge < -0.3 is 19.9 Å². The van der Waals surface area contributed by atoms with Crippen LogP contribution in [0.3, 0.4) is 0 Å². The standard InChI is InChI=1S/C16H23NO3/c18-10-13-1-3-14(4-2-13)11-19-15-9-16(20-12-15)5-7-17-8-6-16/h1-4,15,17-18H,5-12H2. The van der Waals surface area contributed by atoms with Crippen LogP contribution < -0.4 is 5.32 Å². The highest BCUT2D eigenvalue weighted by molar-refractivity contribution is 5.21. The van der Waals surface area contributed by atoms with E-state index in [9.17, 15) is 0 Å². The number of nitrogens with one attached hydrogen (secondary N) is 1. The average Bonchev–Trinajstić information content (AvgIpc) is 2.89. The van der Waals surface area contributed by atoms with E-state index >= 15 is 0 Å². The maximum Gasteiger partial charge on any atom is 0.0840 e. The van der Waals surface area contributed by atoms with E-state index in [2.05, 4.69) is 5.32 Å². The van der Waals surface area contributed by atoms with Crippen molar-refractivity contribution in [2.45, 2.75) is 44.2 Å². The molecule has 1 unspecified atom stereocenters. The number of aliphatic hydroxyl groups is 1. The van der Waals surface area contributed by atoms with Gasteiger partial charge in [0.15, 0.2) is 0 Å². The summed E-state index contributed by atoms with van der Waals surface area (Å²) in [6.45, 7) is 3.53. The van der Waals surface area contributed by atoms with E-state index in [1.165, 1.54) is 0 Å². The molecule has 0 aliphatic carbocycles. The van der Waals surface area contributed by atoms with Gasteiger partial charge in [-0.15, -0.1) is 0 Å². The van der Waals surface area contributed by atoms with Crippen LogP contribution in [-0.4, -0.2) is 36.5 Å². The summed E-state index contributed by atoms with van der Waals surface area (Å²) < 4.78 is 12.0. The zero-order chi connectivity index (χ0) is 13.8. The normalized spacial score (nSPS) is 25.1. The molecule has 0 saturated carbocycles. The van der Waals surface area contributed by atoms with Crippen molar-refractivity contribution >= 4 is 0 Å². The second-order valence-electron chi connectivity index (χ2n) is 5.86. The van der Waals surface area contributed by atoms with Gasteiger partial charge in [0.2, 0.25) is 0 Å². The summed E-state index contributed by atoms with van der Waals surface area (Å²) in [5.41, 5.74) is 2.15. The van der Waals surface area contributed by atoms with Crippen molar-refractivity contribution < 1.29 is 14.6 Å². The molecule has 1 atom stereocenters. The van der Waals surface area contributed by atoms with Crippen LogP contribution in [0, 0.1) is 0 Å². The monoisotopic (exact) mass is 277 g/mol. The molecule has 0 amide bonds. The summed E-state index contributed by atoms with van der Waals surface area (Å²) in [6.07, 6.45) is 3.42. The first-order chi connectivity index (χ1) is 9.80. The number of benzene rings is 1. The Hall–Kier alpha value is -0.940. The second-order valence-corrected chi connectivity index (χ2v) is 5.86. The molecule has 3 rings (SSSR count). The largest absolute Gasteiger partial charge is 0.392 e. The first-order valence-corrected chi connectivity index (χ1v) is 7.45. The molecule has 2 saturated heterocycles. The Balaban J connectivity index is 1.49. The number of hydrogen-bond donors (Lipinski definition) is 2. The fourth-order valence-electron chi connectivity index (χ4n) is 3.10. The minimum absolute atomic E-state index is 0.0661. The molecule has 0 aromatic heterocycles. The molecule has 0 radical (unpaired) electrons. The van der Waals surface area contributed by atoms with Gasteiger partial charge >= 0.3 is 0 Å². The lowest BCUT2D eigenvalue weighted by molar-refractivity contribution is -0.0240. The molecule has 1 aromatic carbocycles. The molecule has 2 N–H and O–H groups in total. The van der Waals surface area contributed by atoms with Crippen molar-refractivity contribution in [3.05, 3.63) is 35.4 Å². The molecule has 110 valence electrons. The lowest BCUT2D eigenvalue weighted by atomic mass is 9.89. The van der Waals surface area contributed by atoms with Crippen LogP contribution >= 0.6 is 0 Å². The number of aliphatic hydroxyl groups excluding tert-OH is 1. The predicted octanol–water partition coefficient (Wildman–Crippen LogP) is 1.61. The summed E-state index contributed by atoms with van der Waals surface area (Å²) in [7, 11) is 0. The van der Waals surface area contributed by atoms with E-state index in [0.29, 0.717) is 13.2 Å². The average molecular weight is 277 g/mol. The minimum Gasteiger partial charge on any atom is -0.392 e. The van der Waals surface area contributed by atoms with E-state index in [1.807, 2.05) is 24.3 Å². The van der Waals surface area contributed by atoms with Crippen LogP contribution in [0.2, 0.25) is 0 Å². The maximum atomic E-state index is 9.02. The Morgan fingerprint density at radius 2 is 1.90 bits per heavy atom. The van der Waals surface area contributed by atoms with Gasteiger partial charge in [-0.2, -0.15) is 0 Å². The molecule has 1 spiro atoms. The Labute approximate surface area is 120 Å². The maximum absolute atomic E-state index is 9.02. The summed E-state index contributed by atoms with van der Waals surface area (Å²) in [4.78, 5) is 0. The number of rotatable bonds is 4. The van der Waals surface area contributed by atoms with Gasteiger partial charge in [-0.1, -0.05) is 24.3 Å². The Morgan fingerprint density at radius 3 is 2.60 bits per heavy atom. The van der Waals surface area contributed by atoms with Crippen molar-refractivity contribution in [3.63, 3.8) is 0 Å². The quantitative estimate of drug-likeness (QED) is 0.878. The summed E-state index contributed by atoms with van der Waals surface area (Å²) in [5.74, 6) is 0. The van der Waals surface area contributed by atoms with Gasteiger partial charge in [0.1, 0.15) is 0 Å². The first-order valence-electron chi connectivity index (χ1n) is 7.45. The minimum atomic E-state index is 0.0661. The molecule has 20 heavy (non-hydrogen) atoms. The molecule has 2 aliphatic heterocycles. The third-order valence-electron chi connectivity index (χ3n) is 4.38. The fourth-order valence-corrected chi connectivity index (χ4v) is 3.10. The highest BCUT2D eigenvalue weighted by atomic mass is 16.6. The SMILES string of the molecule is OCc1ccc(COC2COC3(CCNCC3)C2)cc1. The smallest absolute Gasteiger partial charge is 0.0840 e. The molecule has 2 fully saturated rings. The van der Waals surface area contributed by atoms with E-state index in [4.69, 9.17) is 14.6 Å². The van der Waals surface area contributed by atoms with Crippen LogP contribution in [0.5, 0.6) is 0 Å². The Kier molecular flexibility index (Phi) is 4.36. The molecule has 2 heterocycles. The lowest BCUT2D eigenvalue weighted by Crippen LogP contribution is -2.41. The predicted molar refractivity (Wildman–Crippen MR) is 76.3 cm³/mol. The van der Waals surface area contributed by atoms with Crippen LogP contribution in [0.15, 0.2) is 24.3 Å². The van der Waals surface area contributed by atoms with Crippen molar-refractivity contribution in [1.29, 1.82) is 0 Å². The second kappa shape index (κ2) is 6.22.